The summed E-state index contributed by atoms with van der Waals surface area (Å²) in [5.74, 6) is 1.17. The van der Waals surface area contributed by atoms with Crippen LogP contribution in [0.2, 0.25) is 0 Å². The van der Waals surface area contributed by atoms with E-state index in [4.69, 9.17) is 18.0 Å². The SMILES string of the molecule is CSCCC(=O)Nc1[nH]ncc1C(N)=S. The number of thioether (sulfide) groups is 1. The lowest BCUT2D eigenvalue weighted by atomic mass is 10.3. The van der Waals surface area contributed by atoms with Crippen LogP contribution in [0, 0.1) is 0 Å². The first-order valence-corrected chi connectivity index (χ1v) is 6.07. The molecule has 0 aliphatic heterocycles. The Labute approximate surface area is 97.2 Å². The van der Waals surface area contributed by atoms with Gasteiger partial charge in [0.15, 0.2) is 0 Å². The average molecular weight is 244 g/mol. The van der Waals surface area contributed by atoms with E-state index in [1.807, 2.05) is 6.26 Å². The van der Waals surface area contributed by atoms with E-state index in [9.17, 15) is 4.79 Å². The molecule has 1 aromatic rings. The van der Waals surface area contributed by atoms with Crippen molar-refractivity contribution in [1.82, 2.24) is 10.2 Å². The molecule has 7 heteroatoms. The number of aromatic amines is 1. The molecule has 0 fully saturated rings. The van der Waals surface area contributed by atoms with Gasteiger partial charge in [0.1, 0.15) is 10.8 Å². The van der Waals surface area contributed by atoms with Gasteiger partial charge in [-0.05, 0) is 6.26 Å². The van der Waals surface area contributed by atoms with E-state index >= 15 is 0 Å². The number of thiocarbonyl (C=S) groups is 1. The normalized spacial score (nSPS) is 9.93. The maximum atomic E-state index is 11.4. The zero-order chi connectivity index (χ0) is 11.3. The second-order valence-electron chi connectivity index (χ2n) is 2.81. The Balaban J connectivity index is 2.60. The monoisotopic (exact) mass is 244 g/mol. The Morgan fingerprint density at radius 3 is 3.13 bits per heavy atom. The Bertz CT molecular complexity index is 363. The van der Waals surface area contributed by atoms with Gasteiger partial charge in [0.05, 0.1) is 11.8 Å². The number of nitrogens with one attached hydrogen (secondary N) is 2. The first-order chi connectivity index (χ1) is 7.15. The molecule has 0 atom stereocenters. The molecule has 0 radical (unpaired) electrons. The minimum Gasteiger partial charge on any atom is -0.389 e. The van der Waals surface area contributed by atoms with Gasteiger partial charge >= 0.3 is 0 Å². The van der Waals surface area contributed by atoms with Crippen LogP contribution in [0.15, 0.2) is 6.20 Å². The number of carbonyl (C=O) groups is 1. The Hall–Kier alpha value is -1.08. The van der Waals surface area contributed by atoms with Gasteiger partial charge in [-0.15, -0.1) is 0 Å². The minimum atomic E-state index is -0.0777. The molecule has 1 amide bonds. The summed E-state index contributed by atoms with van der Waals surface area (Å²) in [7, 11) is 0. The van der Waals surface area contributed by atoms with Crippen LogP contribution >= 0.6 is 24.0 Å². The Kier molecular flexibility index (Phi) is 4.57. The number of amides is 1. The van der Waals surface area contributed by atoms with Crippen LogP contribution in [-0.2, 0) is 4.79 Å². The molecule has 0 aromatic carbocycles. The number of nitrogens with two attached hydrogens (primary N) is 1. The van der Waals surface area contributed by atoms with Crippen LogP contribution in [0.3, 0.4) is 0 Å². The van der Waals surface area contributed by atoms with Crippen molar-refractivity contribution < 1.29 is 4.79 Å². The fourth-order valence-corrected chi connectivity index (χ4v) is 1.51. The highest BCUT2D eigenvalue weighted by Gasteiger charge is 2.10. The molecule has 1 aromatic heterocycles. The number of hydrogen-bond donors (Lipinski definition) is 3. The van der Waals surface area contributed by atoms with Gasteiger partial charge in [-0.1, -0.05) is 12.2 Å². The lowest BCUT2D eigenvalue weighted by Crippen LogP contribution is -2.17. The van der Waals surface area contributed by atoms with Crippen LogP contribution in [0.1, 0.15) is 12.0 Å². The molecular formula is C8H12N4OS2. The van der Waals surface area contributed by atoms with E-state index in [1.54, 1.807) is 11.8 Å². The standard InChI is InChI=1S/C8H12N4OS2/c1-15-3-2-6(13)11-8-5(7(9)14)4-10-12-8/h4H,2-3H2,1H3,(H2,9,14)(H2,10,11,12,13). The second kappa shape index (κ2) is 5.72. The zero-order valence-electron chi connectivity index (χ0n) is 8.24. The van der Waals surface area contributed by atoms with Gasteiger partial charge in [0, 0.05) is 12.2 Å². The molecule has 0 aliphatic rings. The van der Waals surface area contributed by atoms with Crippen molar-refractivity contribution in [2.75, 3.05) is 17.3 Å². The molecule has 5 nitrogen and oxygen atoms in total. The lowest BCUT2D eigenvalue weighted by Gasteiger charge is -2.03. The summed E-state index contributed by atoms with van der Waals surface area (Å²) in [5, 5.41) is 9.07. The summed E-state index contributed by atoms with van der Waals surface area (Å²) < 4.78 is 0. The van der Waals surface area contributed by atoms with E-state index in [0.29, 0.717) is 17.8 Å². The van der Waals surface area contributed by atoms with Crippen LogP contribution in [-0.4, -0.2) is 33.1 Å². The largest absolute Gasteiger partial charge is 0.389 e. The number of hydrogen-bond acceptors (Lipinski definition) is 4. The molecule has 82 valence electrons. The number of nitrogens with zero attached hydrogens (tertiary/aromatic N) is 1. The van der Waals surface area contributed by atoms with E-state index < -0.39 is 0 Å². The van der Waals surface area contributed by atoms with Crippen molar-refractivity contribution in [3.8, 4) is 0 Å². The smallest absolute Gasteiger partial charge is 0.226 e. The molecule has 0 saturated carbocycles. The van der Waals surface area contributed by atoms with Crippen molar-refractivity contribution >= 4 is 40.7 Å². The van der Waals surface area contributed by atoms with E-state index in [1.165, 1.54) is 6.20 Å². The van der Waals surface area contributed by atoms with Gasteiger partial charge in [-0.2, -0.15) is 16.9 Å². The number of H-pyrrole nitrogens is 1. The lowest BCUT2D eigenvalue weighted by molar-refractivity contribution is -0.115. The summed E-state index contributed by atoms with van der Waals surface area (Å²) >= 11 is 6.42. The van der Waals surface area contributed by atoms with Crippen LogP contribution in [0.5, 0.6) is 0 Å². The molecule has 1 heterocycles. The van der Waals surface area contributed by atoms with Crippen molar-refractivity contribution in [3.63, 3.8) is 0 Å². The molecule has 0 bridgehead atoms. The number of aromatic nitrogens is 2. The molecule has 0 saturated heterocycles. The predicted octanol–water partition coefficient (Wildman–Crippen LogP) is 0.736. The fourth-order valence-electron chi connectivity index (χ4n) is 0.965. The maximum Gasteiger partial charge on any atom is 0.226 e. The minimum absolute atomic E-state index is 0.0777. The van der Waals surface area contributed by atoms with Crippen molar-refractivity contribution in [3.05, 3.63) is 11.8 Å². The predicted molar refractivity (Wildman–Crippen MR) is 66.1 cm³/mol. The van der Waals surface area contributed by atoms with E-state index in [-0.39, 0.29) is 10.9 Å². The van der Waals surface area contributed by atoms with Gasteiger partial charge in [-0.25, -0.2) is 0 Å². The fraction of sp³-hybridized carbons (Fsp3) is 0.375. The van der Waals surface area contributed by atoms with Crippen molar-refractivity contribution in [1.29, 1.82) is 0 Å². The number of rotatable bonds is 5. The Morgan fingerprint density at radius 1 is 1.80 bits per heavy atom. The second-order valence-corrected chi connectivity index (χ2v) is 4.24. The van der Waals surface area contributed by atoms with E-state index in [0.717, 1.165) is 5.75 Å². The first-order valence-electron chi connectivity index (χ1n) is 4.27. The zero-order valence-corrected chi connectivity index (χ0v) is 9.87. The third-order valence-corrected chi connectivity index (χ3v) is 2.53. The van der Waals surface area contributed by atoms with Crippen molar-refractivity contribution in [2.45, 2.75) is 6.42 Å². The van der Waals surface area contributed by atoms with Gasteiger partial charge in [0.25, 0.3) is 0 Å². The molecule has 1 rings (SSSR count). The Morgan fingerprint density at radius 2 is 2.53 bits per heavy atom. The number of carbonyl (C=O) groups excluding carboxylic acids is 1. The van der Waals surface area contributed by atoms with Gasteiger partial charge in [-0.3, -0.25) is 9.89 Å². The highest BCUT2D eigenvalue weighted by Crippen LogP contribution is 2.11. The van der Waals surface area contributed by atoms with Gasteiger partial charge < -0.3 is 11.1 Å². The van der Waals surface area contributed by atoms with Crippen LogP contribution in [0.4, 0.5) is 5.82 Å². The highest BCUT2D eigenvalue weighted by molar-refractivity contribution is 7.98. The maximum absolute atomic E-state index is 11.4. The van der Waals surface area contributed by atoms with Crippen LogP contribution < -0.4 is 11.1 Å². The molecule has 15 heavy (non-hydrogen) atoms. The average Bonchev–Trinajstić information content (AvgIpc) is 2.62. The molecule has 0 aliphatic carbocycles. The third kappa shape index (κ3) is 3.52. The molecule has 0 unspecified atom stereocenters. The molecule has 0 spiro atoms. The third-order valence-electron chi connectivity index (χ3n) is 1.70. The quantitative estimate of drug-likeness (QED) is 0.665. The summed E-state index contributed by atoms with van der Waals surface area (Å²) in [4.78, 5) is 11.6. The molecular weight excluding hydrogens is 232 g/mol. The van der Waals surface area contributed by atoms with Gasteiger partial charge in [0.2, 0.25) is 5.91 Å². The first kappa shape index (κ1) is 12.0. The highest BCUT2D eigenvalue weighted by atomic mass is 32.2. The summed E-state index contributed by atoms with van der Waals surface area (Å²) in [6.45, 7) is 0. The summed E-state index contributed by atoms with van der Waals surface area (Å²) in [5.41, 5.74) is 6.01. The van der Waals surface area contributed by atoms with Crippen molar-refractivity contribution in [2.24, 2.45) is 5.73 Å². The number of anilines is 1. The summed E-state index contributed by atoms with van der Waals surface area (Å²) in [6.07, 6.45) is 3.90. The molecule has 4 N–H and O–H groups in total. The topological polar surface area (TPSA) is 83.8 Å². The van der Waals surface area contributed by atoms with Crippen LogP contribution in [0.25, 0.3) is 0 Å². The van der Waals surface area contributed by atoms with E-state index in [2.05, 4.69) is 15.5 Å². The summed E-state index contributed by atoms with van der Waals surface area (Å²) in [6, 6.07) is 0.